The third-order valence-corrected chi connectivity index (χ3v) is 4.84. The van der Waals surface area contributed by atoms with Crippen molar-refractivity contribution in [1.82, 2.24) is 0 Å². The van der Waals surface area contributed by atoms with E-state index >= 15 is 0 Å². The van der Waals surface area contributed by atoms with Crippen LogP contribution in [0.15, 0.2) is 103 Å². The molecule has 4 aromatic carbocycles. The molecule has 0 bridgehead atoms. The van der Waals surface area contributed by atoms with Gasteiger partial charge in [-0.05, 0) is 63.6 Å². The Morgan fingerprint density at radius 1 is 0.423 bits per heavy atom. The van der Waals surface area contributed by atoms with Crippen LogP contribution in [-0.4, -0.2) is 0 Å². The molecule has 0 aliphatic rings. The lowest BCUT2D eigenvalue weighted by Crippen LogP contribution is -1.87. The van der Waals surface area contributed by atoms with Gasteiger partial charge >= 0.3 is 0 Å². The predicted octanol–water partition coefficient (Wildman–Crippen LogP) is 7.25. The second-order valence-electron chi connectivity index (χ2n) is 6.58. The van der Waals surface area contributed by atoms with Crippen LogP contribution in [0.3, 0.4) is 0 Å². The lowest BCUT2D eigenvalue weighted by Gasteiger charge is -2.11. The zero-order chi connectivity index (χ0) is 17.8. The van der Waals surface area contributed by atoms with Crippen molar-refractivity contribution in [1.29, 1.82) is 0 Å². The Kier molecular flexibility index (Phi) is 4.66. The van der Waals surface area contributed by atoms with Gasteiger partial charge in [0.05, 0.1) is 0 Å². The van der Waals surface area contributed by atoms with E-state index in [2.05, 4.69) is 110 Å². The van der Waals surface area contributed by atoms with Crippen molar-refractivity contribution in [2.24, 2.45) is 0 Å². The maximum Gasteiger partial charge on any atom is -0.0172 e. The summed E-state index contributed by atoms with van der Waals surface area (Å²) in [4.78, 5) is 0. The molecule has 0 amide bonds. The van der Waals surface area contributed by atoms with Crippen molar-refractivity contribution in [3.8, 4) is 33.4 Å². The van der Waals surface area contributed by atoms with E-state index in [1.165, 1.54) is 38.9 Å². The van der Waals surface area contributed by atoms with Crippen molar-refractivity contribution in [2.75, 3.05) is 0 Å². The number of benzene rings is 4. The predicted molar refractivity (Wildman–Crippen MR) is 112 cm³/mol. The number of hydrogen-bond acceptors (Lipinski definition) is 0. The molecule has 0 aliphatic carbocycles. The molecule has 0 radical (unpaired) electrons. The van der Waals surface area contributed by atoms with Gasteiger partial charge < -0.3 is 0 Å². The van der Waals surface area contributed by atoms with Gasteiger partial charge in [0, 0.05) is 0 Å². The summed E-state index contributed by atoms with van der Waals surface area (Å²) in [6.07, 6.45) is 1.07. The maximum atomic E-state index is 2.29. The molecule has 0 heteroatoms. The Balaban J connectivity index is 1.87. The van der Waals surface area contributed by atoms with Crippen LogP contribution < -0.4 is 0 Å². The minimum Gasteiger partial charge on any atom is -0.0622 e. The summed E-state index contributed by atoms with van der Waals surface area (Å²) < 4.78 is 0. The molecular weight excluding hydrogens is 312 g/mol. The van der Waals surface area contributed by atoms with Gasteiger partial charge in [-0.3, -0.25) is 0 Å². The number of rotatable bonds is 4. The van der Waals surface area contributed by atoms with Gasteiger partial charge in [-0.25, -0.2) is 0 Å². The fourth-order valence-electron chi connectivity index (χ4n) is 3.32. The minimum atomic E-state index is 1.07. The average Bonchev–Trinajstić information content (AvgIpc) is 2.75. The molecule has 126 valence electrons. The van der Waals surface area contributed by atoms with Gasteiger partial charge in [-0.1, -0.05) is 91.9 Å². The molecule has 4 rings (SSSR count). The molecule has 0 nitrogen and oxygen atoms in total. The quantitative estimate of drug-likeness (QED) is 0.369. The Bertz CT molecular complexity index is 923. The van der Waals surface area contributed by atoms with Crippen LogP contribution in [0.25, 0.3) is 33.4 Å². The van der Waals surface area contributed by atoms with E-state index in [9.17, 15) is 0 Å². The summed E-state index contributed by atoms with van der Waals surface area (Å²) in [6.45, 7) is 2.19. The first kappa shape index (κ1) is 16.4. The molecule has 0 saturated carbocycles. The maximum absolute atomic E-state index is 2.29. The molecule has 4 aromatic rings. The fraction of sp³-hybridized carbons (Fsp3) is 0.0769. The molecule has 0 heterocycles. The highest BCUT2D eigenvalue weighted by Crippen LogP contribution is 2.32. The lowest BCUT2D eigenvalue weighted by atomic mass is 9.93. The first-order valence-corrected chi connectivity index (χ1v) is 9.19. The van der Waals surface area contributed by atoms with Gasteiger partial charge in [0.2, 0.25) is 0 Å². The van der Waals surface area contributed by atoms with Crippen molar-refractivity contribution >= 4 is 0 Å². The van der Waals surface area contributed by atoms with Crippen LogP contribution in [0.1, 0.15) is 12.5 Å². The van der Waals surface area contributed by atoms with Gasteiger partial charge in [0.25, 0.3) is 0 Å². The van der Waals surface area contributed by atoms with Gasteiger partial charge in [-0.2, -0.15) is 0 Å². The molecule has 0 fully saturated rings. The summed E-state index contributed by atoms with van der Waals surface area (Å²) >= 11 is 0. The summed E-state index contributed by atoms with van der Waals surface area (Å²) in [5, 5.41) is 0. The molecular formula is C26H22. The van der Waals surface area contributed by atoms with Crippen molar-refractivity contribution in [3.05, 3.63) is 109 Å². The van der Waals surface area contributed by atoms with Crippen molar-refractivity contribution in [2.45, 2.75) is 13.3 Å². The molecule has 0 saturated heterocycles. The molecule has 0 spiro atoms. The van der Waals surface area contributed by atoms with E-state index in [-0.39, 0.29) is 0 Å². The van der Waals surface area contributed by atoms with E-state index < -0.39 is 0 Å². The minimum absolute atomic E-state index is 1.07. The van der Waals surface area contributed by atoms with E-state index in [4.69, 9.17) is 0 Å². The summed E-state index contributed by atoms with van der Waals surface area (Å²) in [5.41, 5.74) is 8.89. The highest BCUT2D eigenvalue weighted by Gasteiger charge is 2.07. The largest absolute Gasteiger partial charge is 0.0622 e. The van der Waals surface area contributed by atoms with Gasteiger partial charge in [-0.15, -0.1) is 0 Å². The van der Waals surface area contributed by atoms with Crippen LogP contribution in [-0.2, 0) is 6.42 Å². The normalized spacial score (nSPS) is 10.7. The van der Waals surface area contributed by atoms with Crippen LogP contribution >= 0.6 is 0 Å². The van der Waals surface area contributed by atoms with Gasteiger partial charge in [0.1, 0.15) is 0 Å². The zero-order valence-corrected chi connectivity index (χ0v) is 15.0. The molecule has 0 unspecified atom stereocenters. The van der Waals surface area contributed by atoms with E-state index in [0.717, 1.165) is 6.42 Å². The summed E-state index contributed by atoms with van der Waals surface area (Å²) in [6, 6.07) is 37.0. The molecule has 0 aliphatic heterocycles. The first-order chi connectivity index (χ1) is 12.8. The number of hydrogen-bond donors (Lipinski definition) is 0. The van der Waals surface area contributed by atoms with Crippen LogP contribution in [0.5, 0.6) is 0 Å². The smallest absolute Gasteiger partial charge is 0.0172 e. The monoisotopic (exact) mass is 334 g/mol. The van der Waals surface area contributed by atoms with E-state index in [1.807, 2.05) is 0 Å². The topological polar surface area (TPSA) is 0 Å². The highest BCUT2D eigenvalue weighted by molar-refractivity contribution is 5.81. The standard InChI is InChI=1S/C26H22/c1-2-20-13-15-23(16-14-20)26-18-24(21-9-5-3-6-10-21)17-25(19-26)22-11-7-4-8-12-22/h3-19H,2H2,1H3. The van der Waals surface area contributed by atoms with E-state index in [0.29, 0.717) is 0 Å². The van der Waals surface area contributed by atoms with Crippen molar-refractivity contribution in [3.63, 3.8) is 0 Å². The average molecular weight is 334 g/mol. The second kappa shape index (κ2) is 7.41. The Morgan fingerprint density at radius 3 is 1.19 bits per heavy atom. The first-order valence-electron chi connectivity index (χ1n) is 9.19. The third kappa shape index (κ3) is 3.45. The fourth-order valence-corrected chi connectivity index (χ4v) is 3.32. The van der Waals surface area contributed by atoms with E-state index in [1.54, 1.807) is 0 Å². The van der Waals surface area contributed by atoms with Crippen LogP contribution in [0.4, 0.5) is 0 Å². The van der Waals surface area contributed by atoms with Gasteiger partial charge in [0.15, 0.2) is 0 Å². The van der Waals surface area contributed by atoms with Crippen molar-refractivity contribution < 1.29 is 0 Å². The Hall–Kier alpha value is -3.12. The molecule has 26 heavy (non-hydrogen) atoms. The van der Waals surface area contributed by atoms with Crippen LogP contribution in [0.2, 0.25) is 0 Å². The Morgan fingerprint density at radius 2 is 0.808 bits per heavy atom. The molecule has 0 atom stereocenters. The molecule has 0 N–H and O–H groups in total. The number of aryl methyl sites for hydroxylation is 1. The third-order valence-electron chi connectivity index (χ3n) is 4.84. The summed E-state index contributed by atoms with van der Waals surface area (Å²) in [5.74, 6) is 0. The molecule has 0 aromatic heterocycles. The second-order valence-corrected chi connectivity index (χ2v) is 6.58. The Labute approximate surface area is 155 Å². The highest BCUT2D eigenvalue weighted by atomic mass is 14.1. The lowest BCUT2D eigenvalue weighted by molar-refractivity contribution is 1.14. The van der Waals surface area contributed by atoms with Crippen LogP contribution in [0, 0.1) is 0 Å². The SMILES string of the molecule is CCc1ccc(-c2cc(-c3ccccc3)cc(-c3ccccc3)c2)cc1. The zero-order valence-electron chi connectivity index (χ0n) is 15.0. The summed E-state index contributed by atoms with van der Waals surface area (Å²) in [7, 11) is 0.